The quantitative estimate of drug-likeness (QED) is 0.251. The number of carbonyl (C=O) groups excluding carboxylic acids is 3. The third kappa shape index (κ3) is 3.84. The van der Waals surface area contributed by atoms with Gasteiger partial charge in [0.1, 0.15) is 18.3 Å². The van der Waals surface area contributed by atoms with E-state index in [0.717, 1.165) is 31.3 Å². The van der Waals surface area contributed by atoms with Crippen LogP contribution in [-0.4, -0.2) is 69.9 Å². The molecule has 5 rings (SSSR count). The maximum Gasteiger partial charge on any atom is 0.348 e. The smallest absolute Gasteiger partial charge is 0.348 e. The summed E-state index contributed by atoms with van der Waals surface area (Å²) < 4.78 is 17.6. The van der Waals surface area contributed by atoms with Crippen molar-refractivity contribution in [1.82, 2.24) is 0 Å². The van der Waals surface area contributed by atoms with Crippen molar-refractivity contribution in [1.29, 1.82) is 0 Å². The average molecular weight is 545 g/mol. The monoisotopic (exact) mass is 544 g/mol. The summed E-state index contributed by atoms with van der Waals surface area (Å²) in [5.41, 5.74) is -0.536. The van der Waals surface area contributed by atoms with Gasteiger partial charge >= 0.3 is 11.9 Å². The normalized spacial score (nSPS) is 44.8. The highest BCUT2D eigenvalue weighted by molar-refractivity contribution is 5.96. The molecule has 0 aromatic carbocycles. The molecule has 1 spiro atoms. The average Bonchev–Trinajstić information content (AvgIpc) is 3.17. The summed E-state index contributed by atoms with van der Waals surface area (Å²) >= 11 is 0. The number of aliphatic hydroxyl groups is 3. The number of esters is 2. The largest absolute Gasteiger partial charge is 0.459 e. The Balaban J connectivity index is 1.52. The van der Waals surface area contributed by atoms with Crippen molar-refractivity contribution in [3.05, 3.63) is 35.5 Å². The fourth-order valence-electron chi connectivity index (χ4n) is 8.50. The van der Waals surface area contributed by atoms with E-state index in [9.17, 15) is 29.7 Å². The standard InChI is InChI=1S/C30H40O9/c1-6-7-8-9-15(2)10-11-21(32)39-23-22-17(4)24(33)30(36)27-28(5)18(16(3)12-19(31)25(28)34)13-20(38-26(23)35)29(22,27)14-37-30/h10,12,18,20,22-25,27,33-34,36H,4,6-9,11,13-14H2,1-3,5H3/b15-10+/t18-,20+,22+,23+,24+,25+,27+,28+,29-,30?/m0/s1. The van der Waals surface area contributed by atoms with Gasteiger partial charge in [0.05, 0.1) is 18.4 Å². The van der Waals surface area contributed by atoms with Crippen LogP contribution in [0.3, 0.4) is 0 Å². The van der Waals surface area contributed by atoms with Gasteiger partial charge in [0.15, 0.2) is 11.6 Å². The molecule has 4 fully saturated rings. The van der Waals surface area contributed by atoms with E-state index in [2.05, 4.69) is 13.5 Å². The first kappa shape index (κ1) is 28.2. The summed E-state index contributed by atoms with van der Waals surface area (Å²) in [4.78, 5) is 39.2. The lowest BCUT2D eigenvalue weighted by Crippen LogP contribution is -2.76. The van der Waals surface area contributed by atoms with Crippen LogP contribution in [0, 0.1) is 28.6 Å². The summed E-state index contributed by atoms with van der Waals surface area (Å²) in [5, 5.41) is 34.5. The molecule has 5 aliphatic rings. The molecule has 10 atom stereocenters. The van der Waals surface area contributed by atoms with E-state index in [1.54, 1.807) is 19.9 Å². The Hall–Kier alpha value is -2.33. The molecule has 2 aliphatic heterocycles. The molecule has 214 valence electrons. The molecule has 0 radical (unpaired) electrons. The summed E-state index contributed by atoms with van der Waals surface area (Å²) in [5.74, 6) is -6.39. The predicted octanol–water partition coefficient (Wildman–Crippen LogP) is 2.52. The molecular weight excluding hydrogens is 504 g/mol. The van der Waals surface area contributed by atoms with E-state index >= 15 is 0 Å². The van der Waals surface area contributed by atoms with Gasteiger partial charge in [-0.25, -0.2) is 4.79 Å². The van der Waals surface area contributed by atoms with Crippen molar-refractivity contribution in [2.24, 2.45) is 28.6 Å². The minimum atomic E-state index is -2.17. The van der Waals surface area contributed by atoms with Crippen LogP contribution < -0.4 is 0 Å². The van der Waals surface area contributed by atoms with Crippen molar-refractivity contribution >= 4 is 17.7 Å². The van der Waals surface area contributed by atoms with Crippen molar-refractivity contribution in [2.45, 2.75) is 96.4 Å². The molecule has 39 heavy (non-hydrogen) atoms. The molecule has 3 aliphatic carbocycles. The van der Waals surface area contributed by atoms with Crippen LogP contribution in [0.4, 0.5) is 0 Å². The molecule has 9 heteroatoms. The van der Waals surface area contributed by atoms with E-state index in [0.29, 0.717) is 5.57 Å². The summed E-state index contributed by atoms with van der Waals surface area (Å²) in [6.45, 7) is 11.5. The van der Waals surface area contributed by atoms with Gasteiger partial charge in [-0.1, -0.05) is 50.5 Å². The second kappa shape index (κ2) is 9.65. The Morgan fingerprint density at radius 1 is 1.26 bits per heavy atom. The fraction of sp³-hybridized carbons (Fsp3) is 0.700. The number of allylic oxidation sites excluding steroid dienone is 2. The van der Waals surface area contributed by atoms with Crippen LogP contribution in [0.5, 0.6) is 0 Å². The molecule has 9 nitrogen and oxygen atoms in total. The van der Waals surface area contributed by atoms with Crippen LogP contribution in [0.15, 0.2) is 35.5 Å². The zero-order valence-electron chi connectivity index (χ0n) is 23.1. The molecule has 3 N–H and O–H groups in total. The van der Waals surface area contributed by atoms with Crippen molar-refractivity contribution in [3.8, 4) is 0 Å². The minimum absolute atomic E-state index is 0.0270. The molecule has 0 aromatic rings. The topological polar surface area (TPSA) is 140 Å². The van der Waals surface area contributed by atoms with Crippen LogP contribution in [-0.2, 0) is 28.6 Å². The van der Waals surface area contributed by atoms with Gasteiger partial charge in [-0.15, -0.1) is 0 Å². The highest BCUT2D eigenvalue weighted by Gasteiger charge is 2.83. The van der Waals surface area contributed by atoms with Gasteiger partial charge < -0.3 is 29.5 Å². The fourth-order valence-corrected chi connectivity index (χ4v) is 8.50. The van der Waals surface area contributed by atoms with E-state index in [1.165, 1.54) is 6.08 Å². The molecule has 0 aromatic heterocycles. The third-order valence-electron chi connectivity index (χ3n) is 10.3. The van der Waals surface area contributed by atoms with Crippen LogP contribution >= 0.6 is 0 Å². The lowest BCUT2D eigenvalue weighted by molar-refractivity contribution is -0.311. The summed E-state index contributed by atoms with van der Waals surface area (Å²) in [6, 6.07) is 0. The second-order valence-electron chi connectivity index (χ2n) is 12.4. The number of unbranched alkanes of at least 4 members (excludes halogenated alkanes) is 2. The van der Waals surface area contributed by atoms with Crippen LogP contribution in [0.25, 0.3) is 0 Å². The number of aliphatic hydroxyl groups excluding tert-OH is 2. The lowest BCUT2D eigenvalue weighted by Gasteiger charge is -2.67. The van der Waals surface area contributed by atoms with E-state index in [-0.39, 0.29) is 25.0 Å². The maximum atomic E-state index is 13.4. The first-order chi connectivity index (χ1) is 18.3. The van der Waals surface area contributed by atoms with Crippen LogP contribution in [0.1, 0.15) is 66.2 Å². The summed E-state index contributed by atoms with van der Waals surface area (Å²) in [7, 11) is 0. The Bertz CT molecular complexity index is 1160. The Morgan fingerprint density at radius 2 is 1.97 bits per heavy atom. The molecular formula is C30H40O9. The molecule has 2 saturated heterocycles. The van der Waals surface area contributed by atoms with Crippen molar-refractivity contribution in [2.75, 3.05) is 6.61 Å². The highest BCUT2D eigenvalue weighted by atomic mass is 16.7. The number of hydrogen-bond donors (Lipinski definition) is 3. The lowest BCUT2D eigenvalue weighted by atomic mass is 9.38. The molecule has 0 amide bonds. The molecule has 2 saturated carbocycles. The van der Waals surface area contributed by atoms with Gasteiger partial charge in [-0.2, -0.15) is 0 Å². The highest BCUT2D eigenvalue weighted by Crippen LogP contribution is 2.73. The van der Waals surface area contributed by atoms with Gasteiger partial charge in [-0.05, 0) is 50.7 Å². The number of ether oxygens (including phenoxy) is 3. The van der Waals surface area contributed by atoms with Crippen molar-refractivity contribution < 1.29 is 43.9 Å². The van der Waals surface area contributed by atoms with E-state index in [4.69, 9.17) is 14.2 Å². The number of ketones is 1. The maximum absolute atomic E-state index is 13.4. The zero-order chi connectivity index (χ0) is 28.5. The first-order valence-corrected chi connectivity index (χ1v) is 14.0. The van der Waals surface area contributed by atoms with Gasteiger partial charge in [-0.3, -0.25) is 9.59 Å². The minimum Gasteiger partial charge on any atom is -0.459 e. The first-order valence-electron chi connectivity index (χ1n) is 14.0. The number of hydrogen-bond acceptors (Lipinski definition) is 9. The second-order valence-corrected chi connectivity index (χ2v) is 12.4. The number of rotatable bonds is 7. The SMILES string of the molecule is C=C1[C@@H](O)C2(O)OC[C@@]34[C@H]1[C@@H](OC(=O)C/C=C(\C)CCCCC)C(=O)O[C@@H]3C[C@H]1C(C)=CC(=O)[C@@H](O)[C@]1(C)[C@@H]24. The van der Waals surface area contributed by atoms with Gasteiger partial charge in [0.25, 0.3) is 0 Å². The Labute approximate surface area is 228 Å². The molecule has 1 unspecified atom stereocenters. The van der Waals surface area contributed by atoms with Crippen molar-refractivity contribution in [3.63, 3.8) is 0 Å². The molecule has 2 bridgehead atoms. The Morgan fingerprint density at radius 3 is 2.67 bits per heavy atom. The molecule has 2 heterocycles. The van der Waals surface area contributed by atoms with Crippen LogP contribution in [0.2, 0.25) is 0 Å². The van der Waals surface area contributed by atoms with E-state index in [1.807, 2.05) is 6.92 Å². The van der Waals surface area contributed by atoms with Gasteiger partial charge in [0.2, 0.25) is 6.10 Å². The number of carbonyl (C=O) groups is 3. The van der Waals surface area contributed by atoms with Gasteiger partial charge in [0, 0.05) is 17.3 Å². The predicted molar refractivity (Wildman–Crippen MR) is 139 cm³/mol. The number of fused-ring (bicyclic) bond motifs is 1. The Kier molecular flexibility index (Phi) is 6.98. The zero-order valence-corrected chi connectivity index (χ0v) is 23.1. The third-order valence-corrected chi connectivity index (χ3v) is 10.3. The summed E-state index contributed by atoms with van der Waals surface area (Å²) in [6.07, 6.45) is 2.25. The van der Waals surface area contributed by atoms with E-state index < -0.39 is 76.5 Å².